The summed E-state index contributed by atoms with van der Waals surface area (Å²) in [6, 6.07) is 4.57. The molecular formula is C39H60O6. The number of fused-ring (bicyclic) bond motifs is 4. The van der Waals surface area contributed by atoms with Crippen molar-refractivity contribution in [3.63, 3.8) is 0 Å². The van der Waals surface area contributed by atoms with Gasteiger partial charge in [-0.1, -0.05) is 69.2 Å². The fourth-order valence-corrected chi connectivity index (χ4v) is 7.61. The van der Waals surface area contributed by atoms with Crippen molar-refractivity contribution < 1.29 is 28.4 Å². The number of ether oxygens (including phenoxy) is 6. The molecular weight excluding hydrogens is 564 g/mol. The summed E-state index contributed by atoms with van der Waals surface area (Å²) < 4.78 is 39.2. The molecule has 252 valence electrons. The van der Waals surface area contributed by atoms with Crippen LogP contribution in [0.3, 0.4) is 0 Å². The van der Waals surface area contributed by atoms with Gasteiger partial charge in [0.05, 0.1) is 39.6 Å². The van der Waals surface area contributed by atoms with Crippen molar-refractivity contribution in [3.8, 4) is 34.5 Å². The lowest BCUT2D eigenvalue weighted by Gasteiger charge is -2.31. The molecule has 0 saturated carbocycles. The van der Waals surface area contributed by atoms with E-state index in [9.17, 15) is 0 Å². The van der Waals surface area contributed by atoms with Gasteiger partial charge in [-0.3, -0.25) is 0 Å². The summed E-state index contributed by atoms with van der Waals surface area (Å²) in [7, 11) is 0. The van der Waals surface area contributed by atoms with Crippen LogP contribution in [0.15, 0.2) is 12.1 Å². The molecule has 0 bridgehead atoms. The SMILES string of the molecule is CCCOc1cc2c(c(OCCC)c1OCCC)C(C)(C)CC21CC(C)(C)c2c1cc(OCCC)c(OCCC)c2OCCC. The van der Waals surface area contributed by atoms with Gasteiger partial charge >= 0.3 is 0 Å². The highest BCUT2D eigenvalue weighted by molar-refractivity contribution is 5.73. The Morgan fingerprint density at radius 1 is 0.444 bits per heavy atom. The standard InChI is InChI=1S/C39H60O6/c1-11-17-40-29-23-27-31(35(44-21-15-5)33(29)42-19-13-3)37(7,8)25-39(27)26-38(9,10)32-28(39)24-30(41-18-12-2)34(43-20-14-4)36(32)45-22-16-6/h23-24H,11-22,25-26H2,1-10H3. The van der Waals surface area contributed by atoms with Gasteiger partial charge in [0.15, 0.2) is 23.0 Å². The zero-order chi connectivity index (χ0) is 32.8. The molecule has 0 aromatic heterocycles. The molecule has 0 atom stereocenters. The van der Waals surface area contributed by atoms with E-state index in [0.717, 1.165) is 85.9 Å². The molecule has 2 aliphatic rings. The van der Waals surface area contributed by atoms with E-state index in [0.29, 0.717) is 39.6 Å². The first-order valence-corrected chi connectivity index (χ1v) is 17.8. The molecule has 0 heterocycles. The molecule has 1 spiro atoms. The largest absolute Gasteiger partial charge is 0.490 e. The first-order valence-electron chi connectivity index (χ1n) is 17.8. The molecule has 0 unspecified atom stereocenters. The summed E-state index contributed by atoms with van der Waals surface area (Å²) in [4.78, 5) is 0. The van der Waals surface area contributed by atoms with E-state index in [1.165, 1.54) is 22.3 Å². The number of hydrogen-bond donors (Lipinski definition) is 0. The Kier molecular flexibility index (Phi) is 11.5. The van der Waals surface area contributed by atoms with Gasteiger partial charge in [-0.05, 0) is 85.5 Å². The van der Waals surface area contributed by atoms with E-state index >= 15 is 0 Å². The van der Waals surface area contributed by atoms with Crippen LogP contribution in [0.1, 0.15) is 143 Å². The average molecular weight is 625 g/mol. The number of hydrogen-bond acceptors (Lipinski definition) is 6. The maximum absolute atomic E-state index is 6.67. The van der Waals surface area contributed by atoms with Gasteiger partial charge in [0.25, 0.3) is 0 Å². The van der Waals surface area contributed by atoms with Gasteiger partial charge in [-0.2, -0.15) is 0 Å². The second kappa shape index (κ2) is 14.8. The van der Waals surface area contributed by atoms with Crippen molar-refractivity contribution >= 4 is 0 Å². The Labute approximate surface area is 273 Å². The third-order valence-electron chi connectivity index (χ3n) is 9.00. The second-order valence-corrected chi connectivity index (χ2v) is 14.2. The number of rotatable bonds is 18. The first kappa shape index (κ1) is 35.1. The van der Waals surface area contributed by atoms with Crippen LogP contribution >= 0.6 is 0 Å². The monoisotopic (exact) mass is 624 g/mol. The predicted molar refractivity (Wildman–Crippen MR) is 184 cm³/mol. The third-order valence-corrected chi connectivity index (χ3v) is 9.00. The minimum absolute atomic E-state index is 0.171. The lowest BCUT2D eigenvalue weighted by atomic mass is 9.72. The maximum Gasteiger partial charge on any atom is 0.203 e. The maximum atomic E-state index is 6.67. The van der Waals surface area contributed by atoms with Gasteiger partial charge < -0.3 is 28.4 Å². The summed E-state index contributed by atoms with van der Waals surface area (Å²) in [6.07, 6.45) is 7.37. The molecule has 4 rings (SSSR count). The summed E-state index contributed by atoms with van der Waals surface area (Å²) in [5.74, 6) is 4.78. The van der Waals surface area contributed by atoms with E-state index in [1.807, 2.05) is 0 Å². The molecule has 45 heavy (non-hydrogen) atoms. The summed E-state index contributed by atoms with van der Waals surface area (Å²) in [6.45, 7) is 26.0. The van der Waals surface area contributed by atoms with Crippen LogP contribution in [-0.2, 0) is 16.2 Å². The summed E-state index contributed by atoms with van der Waals surface area (Å²) in [5.41, 5.74) is 4.43. The number of benzene rings is 2. The Morgan fingerprint density at radius 2 is 0.733 bits per heavy atom. The molecule has 0 fully saturated rings. The molecule has 0 saturated heterocycles. The van der Waals surface area contributed by atoms with Crippen LogP contribution < -0.4 is 28.4 Å². The van der Waals surface area contributed by atoms with Gasteiger partial charge in [-0.25, -0.2) is 0 Å². The molecule has 0 amide bonds. The molecule has 2 aliphatic carbocycles. The smallest absolute Gasteiger partial charge is 0.203 e. The molecule has 0 radical (unpaired) electrons. The molecule has 2 aromatic carbocycles. The summed E-state index contributed by atoms with van der Waals surface area (Å²) in [5, 5.41) is 0. The minimum atomic E-state index is -0.284. The first-order chi connectivity index (χ1) is 21.6. The fourth-order valence-electron chi connectivity index (χ4n) is 7.61. The molecule has 2 aromatic rings. The van der Waals surface area contributed by atoms with Gasteiger partial charge in [0.2, 0.25) is 11.5 Å². The summed E-state index contributed by atoms with van der Waals surface area (Å²) >= 11 is 0. The van der Waals surface area contributed by atoms with Crippen molar-refractivity contribution in [2.75, 3.05) is 39.6 Å². The Bertz CT molecular complexity index is 1190. The van der Waals surface area contributed by atoms with E-state index in [-0.39, 0.29) is 16.2 Å². The van der Waals surface area contributed by atoms with E-state index < -0.39 is 0 Å². The van der Waals surface area contributed by atoms with E-state index in [4.69, 9.17) is 28.4 Å². The van der Waals surface area contributed by atoms with Crippen LogP contribution in [0.4, 0.5) is 0 Å². The minimum Gasteiger partial charge on any atom is -0.490 e. The zero-order valence-corrected chi connectivity index (χ0v) is 30.0. The predicted octanol–water partition coefficient (Wildman–Crippen LogP) is 10.1. The average Bonchev–Trinajstić information content (AvgIpc) is 3.37. The highest BCUT2D eigenvalue weighted by Crippen LogP contribution is 2.68. The molecule has 0 N–H and O–H groups in total. The van der Waals surface area contributed by atoms with Gasteiger partial charge in [-0.15, -0.1) is 0 Å². The van der Waals surface area contributed by atoms with Gasteiger partial charge in [0, 0.05) is 16.5 Å². The molecule has 6 heteroatoms. The fraction of sp³-hybridized carbons (Fsp3) is 0.692. The van der Waals surface area contributed by atoms with E-state index in [2.05, 4.69) is 81.4 Å². The van der Waals surface area contributed by atoms with E-state index in [1.54, 1.807) is 0 Å². The highest BCUT2D eigenvalue weighted by atomic mass is 16.5. The van der Waals surface area contributed by atoms with Crippen molar-refractivity contribution in [1.82, 2.24) is 0 Å². The van der Waals surface area contributed by atoms with Crippen LogP contribution in [0.2, 0.25) is 0 Å². The normalized spacial score (nSPS) is 16.8. The zero-order valence-electron chi connectivity index (χ0n) is 30.0. The molecule has 6 nitrogen and oxygen atoms in total. The van der Waals surface area contributed by atoms with Crippen LogP contribution in [0, 0.1) is 0 Å². The van der Waals surface area contributed by atoms with Gasteiger partial charge in [0.1, 0.15) is 0 Å². The topological polar surface area (TPSA) is 55.4 Å². The Hall–Kier alpha value is -2.76. The lowest BCUT2D eigenvalue weighted by molar-refractivity contribution is 0.239. The quantitative estimate of drug-likeness (QED) is 0.165. The van der Waals surface area contributed by atoms with Crippen molar-refractivity contribution in [2.45, 2.75) is 137 Å². The highest BCUT2D eigenvalue weighted by Gasteiger charge is 2.59. The Morgan fingerprint density at radius 3 is 1.04 bits per heavy atom. The van der Waals surface area contributed by atoms with Crippen molar-refractivity contribution in [2.24, 2.45) is 0 Å². The van der Waals surface area contributed by atoms with Crippen molar-refractivity contribution in [3.05, 3.63) is 34.4 Å². The van der Waals surface area contributed by atoms with Crippen LogP contribution in [-0.4, -0.2) is 39.6 Å². The Balaban J connectivity index is 2.09. The van der Waals surface area contributed by atoms with Crippen LogP contribution in [0.25, 0.3) is 0 Å². The third kappa shape index (κ3) is 6.72. The molecule has 0 aliphatic heterocycles. The lowest BCUT2D eigenvalue weighted by Crippen LogP contribution is -2.27. The second-order valence-electron chi connectivity index (χ2n) is 14.2. The van der Waals surface area contributed by atoms with Crippen LogP contribution in [0.5, 0.6) is 34.5 Å². The van der Waals surface area contributed by atoms with Crippen molar-refractivity contribution in [1.29, 1.82) is 0 Å².